The maximum Gasteiger partial charge on any atom is 0.307 e. The van der Waals surface area contributed by atoms with Crippen LogP contribution in [0.2, 0.25) is 5.02 Å². The number of carboxylic acid groups (broad SMARTS) is 1. The van der Waals surface area contributed by atoms with Gasteiger partial charge in [0.05, 0.1) is 5.92 Å². The highest BCUT2D eigenvalue weighted by Gasteiger charge is 2.18. The van der Waals surface area contributed by atoms with Gasteiger partial charge in [0, 0.05) is 18.1 Å². The van der Waals surface area contributed by atoms with Crippen LogP contribution in [0.3, 0.4) is 0 Å². The third kappa shape index (κ3) is 5.93. The fourth-order valence-electron chi connectivity index (χ4n) is 2.25. The second-order valence-corrected chi connectivity index (χ2v) is 6.22. The van der Waals surface area contributed by atoms with Crippen molar-refractivity contribution >= 4 is 17.6 Å². The number of rotatable bonds is 8. The molecule has 0 aliphatic heterocycles. The van der Waals surface area contributed by atoms with E-state index >= 15 is 0 Å². The Morgan fingerprint density at radius 2 is 2.00 bits per heavy atom. The summed E-state index contributed by atoms with van der Waals surface area (Å²) >= 11 is 5.97. The Balaban J connectivity index is 2.44. The summed E-state index contributed by atoms with van der Waals surface area (Å²) in [6.45, 7) is 7.46. The van der Waals surface area contributed by atoms with Crippen LogP contribution in [0.25, 0.3) is 0 Å². The Hall–Kier alpha value is -1.06. The summed E-state index contributed by atoms with van der Waals surface area (Å²) in [5.41, 5.74) is 1.17. The molecule has 0 aliphatic rings. The first-order valence-electron chi connectivity index (χ1n) is 7.09. The van der Waals surface area contributed by atoms with E-state index in [1.54, 1.807) is 0 Å². The van der Waals surface area contributed by atoms with Gasteiger partial charge in [-0.25, -0.2) is 0 Å². The van der Waals surface area contributed by atoms with Crippen LogP contribution in [0.5, 0.6) is 0 Å². The zero-order chi connectivity index (χ0) is 15.1. The van der Waals surface area contributed by atoms with Gasteiger partial charge < -0.3 is 10.4 Å². The number of hydrogen-bond donors (Lipinski definition) is 2. The molecule has 0 aromatic heterocycles. The van der Waals surface area contributed by atoms with Crippen molar-refractivity contribution in [3.8, 4) is 0 Å². The summed E-state index contributed by atoms with van der Waals surface area (Å²) in [5.74, 6) is -0.339. The van der Waals surface area contributed by atoms with Crippen LogP contribution in [0.4, 0.5) is 0 Å². The number of halogens is 1. The summed E-state index contributed by atoms with van der Waals surface area (Å²) in [7, 11) is 0. The molecule has 1 aromatic carbocycles. The minimum absolute atomic E-state index is 0.308. The van der Waals surface area contributed by atoms with Gasteiger partial charge in [-0.05, 0) is 36.0 Å². The molecule has 3 nitrogen and oxygen atoms in total. The lowest BCUT2D eigenvalue weighted by Crippen LogP contribution is -2.31. The van der Waals surface area contributed by atoms with Crippen LogP contribution in [-0.4, -0.2) is 24.2 Å². The molecule has 0 heterocycles. The second kappa shape index (κ2) is 8.28. The van der Waals surface area contributed by atoms with Crippen LogP contribution < -0.4 is 5.32 Å². The molecule has 2 N–H and O–H groups in total. The first-order valence-corrected chi connectivity index (χ1v) is 7.47. The normalized spacial score (nSPS) is 14.2. The smallest absolute Gasteiger partial charge is 0.307 e. The minimum atomic E-state index is -0.721. The largest absolute Gasteiger partial charge is 0.481 e. The molecule has 112 valence electrons. The first-order chi connectivity index (χ1) is 9.40. The van der Waals surface area contributed by atoms with E-state index in [4.69, 9.17) is 11.6 Å². The molecule has 4 heteroatoms. The van der Waals surface area contributed by atoms with Crippen molar-refractivity contribution in [1.82, 2.24) is 5.32 Å². The topological polar surface area (TPSA) is 49.3 Å². The SMILES string of the molecule is CC(C)CC(CNCC(C)c1cccc(Cl)c1)C(=O)O. The highest BCUT2D eigenvalue weighted by molar-refractivity contribution is 6.30. The van der Waals surface area contributed by atoms with Gasteiger partial charge in [-0.2, -0.15) is 0 Å². The predicted octanol–water partition coefficient (Wildman–Crippen LogP) is 3.78. The zero-order valence-electron chi connectivity index (χ0n) is 12.4. The molecule has 0 amide bonds. The number of hydrogen-bond acceptors (Lipinski definition) is 2. The molecular weight excluding hydrogens is 274 g/mol. The van der Waals surface area contributed by atoms with Crippen LogP contribution >= 0.6 is 11.6 Å². The number of benzene rings is 1. The zero-order valence-corrected chi connectivity index (χ0v) is 13.2. The third-order valence-electron chi connectivity index (χ3n) is 3.36. The van der Waals surface area contributed by atoms with E-state index in [2.05, 4.69) is 12.2 Å². The van der Waals surface area contributed by atoms with E-state index in [0.29, 0.717) is 24.8 Å². The highest BCUT2D eigenvalue weighted by atomic mass is 35.5. The lowest BCUT2D eigenvalue weighted by Gasteiger charge is -2.18. The van der Waals surface area contributed by atoms with Gasteiger partial charge in [0.15, 0.2) is 0 Å². The predicted molar refractivity (Wildman–Crippen MR) is 83.3 cm³/mol. The molecular formula is C16H24ClNO2. The van der Waals surface area contributed by atoms with E-state index in [0.717, 1.165) is 11.6 Å². The van der Waals surface area contributed by atoms with Gasteiger partial charge >= 0.3 is 5.97 Å². The first kappa shape index (κ1) is 17.0. The quantitative estimate of drug-likeness (QED) is 0.768. The average molecular weight is 298 g/mol. The molecule has 0 saturated heterocycles. The van der Waals surface area contributed by atoms with Crippen molar-refractivity contribution in [3.05, 3.63) is 34.9 Å². The molecule has 1 rings (SSSR count). The van der Waals surface area contributed by atoms with Gasteiger partial charge in [-0.3, -0.25) is 4.79 Å². The average Bonchev–Trinajstić information content (AvgIpc) is 2.36. The third-order valence-corrected chi connectivity index (χ3v) is 3.60. The molecule has 20 heavy (non-hydrogen) atoms. The van der Waals surface area contributed by atoms with Crippen LogP contribution in [0.15, 0.2) is 24.3 Å². The molecule has 0 bridgehead atoms. The van der Waals surface area contributed by atoms with E-state index in [1.807, 2.05) is 38.1 Å². The minimum Gasteiger partial charge on any atom is -0.481 e. The van der Waals surface area contributed by atoms with Crippen molar-refractivity contribution in [2.45, 2.75) is 33.1 Å². The van der Waals surface area contributed by atoms with Crippen molar-refractivity contribution in [1.29, 1.82) is 0 Å². The number of carbonyl (C=O) groups is 1. The van der Waals surface area contributed by atoms with Gasteiger partial charge in [-0.1, -0.05) is 44.5 Å². The van der Waals surface area contributed by atoms with E-state index in [-0.39, 0.29) is 5.92 Å². The summed E-state index contributed by atoms with van der Waals surface area (Å²) < 4.78 is 0. The lowest BCUT2D eigenvalue weighted by molar-refractivity contribution is -0.142. The summed E-state index contributed by atoms with van der Waals surface area (Å²) in [6.07, 6.45) is 0.702. The molecule has 0 spiro atoms. The Morgan fingerprint density at radius 1 is 1.30 bits per heavy atom. The molecule has 0 radical (unpaired) electrons. The van der Waals surface area contributed by atoms with Gasteiger partial charge in [0.1, 0.15) is 0 Å². The molecule has 0 fully saturated rings. The van der Waals surface area contributed by atoms with Crippen LogP contribution in [-0.2, 0) is 4.79 Å². The fourth-order valence-corrected chi connectivity index (χ4v) is 2.44. The highest BCUT2D eigenvalue weighted by Crippen LogP contribution is 2.19. The maximum absolute atomic E-state index is 11.2. The van der Waals surface area contributed by atoms with E-state index in [9.17, 15) is 9.90 Å². The van der Waals surface area contributed by atoms with E-state index in [1.165, 1.54) is 5.56 Å². The van der Waals surface area contributed by atoms with E-state index < -0.39 is 5.97 Å². The monoisotopic (exact) mass is 297 g/mol. The fraction of sp³-hybridized carbons (Fsp3) is 0.562. The molecule has 1 aromatic rings. The van der Waals surface area contributed by atoms with Gasteiger partial charge in [0.2, 0.25) is 0 Å². The number of carboxylic acids is 1. The Bertz CT molecular complexity index is 434. The molecule has 2 atom stereocenters. The van der Waals surface area contributed by atoms with Gasteiger partial charge in [0.25, 0.3) is 0 Å². The van der Waals surface area contributed by atoms with Crippen LogP contribution in [0, 0.1) is 11.8 Å². The Morgan fingerprint density at radius 3 is 2.55 bits per heavy atom. The van der Waals surface area contributed by atoms with Crippen LogP contribution in [0.1, 0.15) is 38.7 Å². The Kier molecular flexibility index (Phi) is 7.03. The Labute approximate surface area is 126 Å². The lowest BCUT2D eigenvalue weighted by atomic mass is 9.96. The van der Waals surface area contributed by atoms with Crippen molar-refractivity contribution in [2.75, 3.05) is 13.1 Å². The van der Waals surface area contributed by atoms with Crippen molar-refractivity contribution in [3.63, 3.8) is 0 Å². The standard InChI is InChI=1S/C16H24ClNO2/c1-11(2)7-14(16(19)20)10-18-9-12(3)13-5-4-6-15(17)8-13/h4-6,8,11-12,14,18H,7,9-10H2,1-3H3,(H,19,20). The molecule has 0 saturated carbocycles. The number of aliphatic carboxylic acids is 1. The van der Waals surface area contributed by atoms with Crippen molar-refractivity contribution < 1.29 is 9.90 Å². The number of nitrogens with one attached hydrogen (secondary N) is 1. The second-order valence-electron chi connectivity index (χ2n) is 5.78. The summed E-state index contributed by atoms with van der Waals surface area (Å²) in [4.78, 5) is 11.2. The van der Waals surface area contributed by atoms with Gasteiger partial charge in [-0.15, -0.1) is 0 Å². The van der Waals surface area contributed by atoms with Crippen molar-refractivity contribution in [2.24, 2.45) is 11.8 Å². The summed E-state index contributed by atoms with van der Waals surface area (Å²) in [6, 6.07) is 7.79. The molecule has 2 unspecified atom stereocenters. The summed E-state index contributed by atoms with van der Waals surface area (Å²) in [5, 5.41) is 13.2. The maximum atomic E-state index is 11.2. The molecule has 0 aliphatic carbocycles.